The lowest BCUT2D eigenvalue weighted by Gasteiger charge is -2.03. The van der Waals surface area contributed by atoms with Gasteiger partial charge in [-0.2, -0.15) is 5.26 Å². The summed E-state index contributed by atoms with van der Waals surface area (Å²) in [6.45, 7) is 0. The highest BCUT2D eigenvalue weighted by Crippen LogP contribution is 2.24. The van der Waals surface area contributed by atoms with Crippen LogP contribution in [0.4, 0.5) is 0 Å². The van der Waals surface area contributed by atoms with Gasteiger partial charge in [-0.3, -0.25) is 4.79 Å². The van der Waals surface area contributed by atoms with Crippen LogP contribution in [0.5, 0.6) is 0 Å². The van der Waals surface area contributed by atoms with Crippen molar-refractivity contribution in [3.63, 3.8) is 0 Å². The van der Waals surface area contributed by atoms with Crippen molar-refractivity contribution in [2.45, 2.75) is 6.42 Å². The van der Waals surface area contributed by atoms with E-state index in [1.165, 1.54) is 11.8 Å². The van der Waals surface area contributed by atoms with Gasteiger partial charge in [0, 0.05) is 6.42 Å². The first-order chi connectivity index (χ1) is 7.79. The van der Waals surface area contributed by atoms with E-state index in [9.17, 15) is 4.79 Å². The molecule has 0 spiro atoms. The molecule has 0 aromatic heterocycles. The first kappa shape index (κ1) is 10.8. The van der Waals surface area contributed by atoms with Crippen LogP contribution >= 0.6 is 11.8 Å². The molecule has 1 aromatic carbocycles. The molecule has 1 heterocycles. The smallest absolute Gasteiger partial charge is 0.235 e. The van der Waals surface area contributed by atoms with Gasteiger partial charge >= 0.3 is 0 Å². The summed E-state index contributed by atoms with van der Waals surface area (Å²) < 4.78 is 0. The number of hydrogen-bond acceptors (Lipinski definition) is 3. The Labute approximate surface area is 98.2 Å². The Hall–Kier alpha value is -1.73. The number of benzene rings is 1. The van der Waals surface area contributed by atoms with Gasteiger partial charge in [-0.15, -0.1) is 0 Å². The molecule has 1 N–H and O–H groups in total. The van der Waals surface area contributed by atoms with Gasteiger partial charge in [0.25, 0.3) is 0 Å². The van der Waals surface area contributed by atoms with Gasteiger partial charge in [0.15, 0.2) is 0 Å². The molecule has 3 nitrogen and oxygen atoms in total. The third kappa shape index (κ3) is 2.44. The SMILES string of the molecule is N#C/C(Cc1ccccc1)=C1\NC(=O)CS1. The van der Waals surface area contributed by atoms with Gasteiger partial charge in [0.05, 0.1) is 22.4 Å². The van der Waals surface area contributed by atoms with Gasteiger partial charge in [-0.1, -0.05) is 42.1 Å². The van der Waals surface area contributed by atoms with Crippen molar-refractivity contribution in [1.29, 1.82) is 5.26 Å². The molecule has 1 aromatic rings. The van der Waals surface area contributed by atoms with Crippen LogP contribution in [0, 0.1) is 11.3 Å². The van der Waals surface area contributed by atoms with Crippen LogP contribution in [0.1, 0.15) is 5.56 Å². The van der Waals surface area contributed by atoms with Gasteiger partial charge in [0.2, 0.25) is 5.91 Å². The Balaban J connectivity index is 2.19. The third-order valence-electron chi connectivity index (χ3n) is 2.23. The van der Waals surface area contributed by atoms with E-state index in [1.807, 2.05) is 30.3 Å². The summed E-state index contributed by atoms with van der Waals surface area (Å²) >= 11 is 1.40. The van der Waals surface area contributed by atoms with Gasteiger partial charge in [-0.25, -0.2) is 0 Å². The van der Waals surface area contributed by atoms with Crippen LogP contribution in [0.15, 0.2) is 40.9 Å². The molecule has 4 heteroatoms. The van der Waals surface area contributed by atoms with E-state index in [-0.39, 0.29) is 5.91 Å². The van der Waals surface area contributed by atoms with Crippen molar-refractivity contribution in [3.05, 3.63) is 46.5 Å². The number of rotatable bonds is 2. The molecule has 2 rings (SSSR count). The molecular formula is C12H10N2OS. The number of hydrogen-bond donors (Lipinski definition) is 1. The normalized spacial score (nSPS) is 17.8. The van der Waals surface area contributed by atoms with Crippen LogP contribution in [-0.4, -0.2) is 11.7 Å². The molecule has 1 aliphatic rings. The second kappa shape index (κ2) is 4.86. The molecule has 1 amide bonds. The molecule has 80 valence electrons. The predicted octanol–water partition coefficient (Wildman–Crippen LogP) is 1.83. The lowest BCUT2D eigenvalue weighted by atomic mass is 10.1. The minimum Gasteiger partial charge on any atom is -0.319 e. The third-order valence-corrected chi connectivity index (χ3v) is 3.28. The van der Waals surface area contributed by atoms with E-state index in [0.29, 0.717) is 22.8 Å². The summed E-state index contributed by atoms with van der Waals surface area (Å²) in [7, 11) is 0. The highest BCUT2D eigenvalue weighted by molar-refractivity contribution is 8.04. The molecule has 1 aliphatic heterocycles. The fourth-order valence-electron chi connectivity index (χ4n) is 1.47. The van der Waals surface area contributed by atoms with Gasteiger partial charge in [0.1, 0.15) is 0 Å². The standard InChI is InChI=1S/C12H10N2OS/c13-7-10(12-14-11(15)8-16-12)6-9-4-2-1-3-5-9/h1-5H,6,8H2,(H,14,15)/b12-10+. The number of carbonyl (C=O) groups excluding carboxylic acids is 1. The zero-order valence-electron chi connectivity index (χ0n) is 8.56. The van der Waals surface area contributed by atoms with Gasteiger partial charge in [-0.05, 0) is 5.56 Å². The topological polar surface area (TPSA) is 52.9 Å². The number of allylic oxidation sites excluding steroid dienone is 1. The molecule has 0 radical (unpaired) electrons. The highest BCUT2D eigenvalue weighted by atomic mass is 32.2. The second-order valence-electron chi connectivity index (χ2n) is 3.42. The molecule has 0 unspecified atom stereocenters. The molecule has 1 fully saturated rings. The molecule has 0 bridgehead atoms. The maximum absolute atomic E-state index is 11.1. The number of amides is 1. The lowest BCUT2D eigenvalue weighted by molar-refractivity contribution is -0.117. The summed E-state index contributed by atoms with van der Waals surface area (Å²) in [5, 5.41) is 12.5. The van der Waals surface area contributed by atoms with Crippen molar-refractivity contribution in [2.24, 2.45) is 0 Å². The average molecular weight is 230 g/mol. The fourth-order valence-corrected chi connectivity index (χ4v) is 2.30. The van der Waals surface area contributed by atoms with Crippen LogP contribution in [0.2, 0.25) is 0 Å². The Morgan fingerprint density at radius 2 is 2.19 bits per heavy atom. The largest absolute Gasteiger partial charge is 0.319 e. The summed E-state index contributed by atoms with van der Waals surface area (Å²) in [6.07, 6.45) is 0.569. The summed E-state index contributed by atoms with van der Waals surface area (Å²) in [4.78, 5) is 11.1. The van der Waals surface area contributed by atoms with Crippen LogP contribution in [0.3, 0.4) is 0 Å². The lowest BCUT2D eigenvalue weighted by Crippen LogP contribution is -2.15. The van der Waals surface area contributed by atoms with E-state index < -0.39 is 0 Å². The van der Waals surface area contributed by atoms with E-state index in [0.717, 1.165) is 5.56 Å². The molecule has 0 aliphatic carbocycles. The van der Waals surface area contributed by atoms with E-state index in [1.54, 1.807) is 0 Å². The average Bonchev–Trinajstić information content (AvgIpc) is 2.74. The molecule has 0 saturated carbocycles. The van der Waals surface area contributed by atoms with Crippen molar-refractivity contribution in [1.82, 2.24) is 5.32 Å². The van der Waals surface area contributed by atoms with Crippen molar-refractivity contribution in [3.8, 4) is 6.07 Å². The zero-order valence-corrected chi connectivity index (χ0v) is 9.38. The van der Waals surface area contributed by atoms with Gasteiger partial charge < -0.3 is 5.32 Å². The first-order valence-corrected chi connectivity index (χ1v) is 5.88. The Morgan fingerprint density at radius 3 is 2.75 bits per heavy atom. The highest BCUT2D eigenvalue weighted by Gasteiger charge is 2.19. The molecule has 1 saturated heterocycles. The number of thioether (sulfide) groups is 1. The molecule has 0 atom stereocenters. The zero-order chi connectivity index (χ0) is 11.4. The minimum absolute atomic E-state index is 0.0270. The van der Waals surface area contributed by atoms with Crippen molar-refractivity contribution < 1.29 is 4.79 Å². The van der Waals surface area contributed by atoms with Crippen LogP contribution in [0.25, 0.3) is 0 Å². The number of nitriles is 1. The van der Waals surface area contributed by atoms with E-state index >= 15 is 0 Å². The quantitative estimate of drug-likeness (QED) is 0.788. The fraction of sp³-hybridized carbons (Fsp3) is 0.167. The Morgan fingerprint density at radius 1 is 1.44 bits per heavy atom. The monoisotopic (exact) mass is 230 g/mol. The number of nitrogens with zero attached hydrogens (tertiary/aromatic N) is 1. The Kier molecular flexibility index (Phi) is 3.28. The summed E-state index contributed by atoms with van der Waals surface area (Å²) in [5.74, 6) is 0.385. The maximum Gasteiger partial charge on any atom is 0.235 e. The van der Waals surface area contributed by atoms with E-state index in [2.05, 4.69) is 11.4 Å². The van der Waals surface area contributed by atoms with E-state index in [4.69, 9.17) is 5.26 Å². The minimum atomic E-state index is -0.0270. The predicted molar refractivity (Wildman–Crippen MR) is 63.4 cm³/mol. The number of carbonyl (C=O) groups is 1. The van der Waals surface area contributed by atoms with Crippen molar-refractivity contribution in [2.75, 3.05) is 5.75 Å². The number of nitrogens with one attached hydrogen (secondary N) is 1. The Bertz CT molecular complexity index is 474. The second-order valence-corrected chi connectivity index (χ2v) is 4.40. The van der Waals surface area contributed by atoms with Crippen LogP contribution < -0.4 is 5.32 Å². The molecular weight excluding hydrogens is 220 g/mol. The maximum atomic E-state index is 11.1. The first-order valence-electron chi connectivity index (χ1n) is 4.89. The van der Waals surface area contributed by atoms with Crippen molar-refractivity contribution >= 4 is 17.7 Å². The van der Waals surface area contributed by atoms with Crippen LogP contribution in [-0.2, 0) is 11.2 Å². The summed E-state index contributed by atoms with van der Waals surface area (Å²) in [5.41, 5.74) is 1.70. The summed E-state index contributed by atoms with van der Waals surface area (Å²) in [6, 6.07) is 11.9. The molecule has 16 heavy (non-hydrogen) atoms.